The molecule has 0 unspecified atom stereocenters. The highest BCUT2D eigenvalue weighted by Gasteiger charge is 2.19. The Bertz CT molecular complexity index is 1020. The Labute approximate surface area is 175 Å². The molecular formula is C21H15BrClN3O2. The van der Waals surface area contributed by atoms with Crippen LogP contribution >= 0.6 is 27.5 Å². The van der Waals surface area contributed by atoms with Crippen LogP contribution in [0.3, 0.4) is 0 Å². The van der Waals surface area contributed by atoms with E-state index in [0.29, 0.717) is 16.9 Å². The summed E-state index contributed by atoms with van der Waals surface area (Å²) in [5.41, 5.74) is 1.51. The molecule has 0 saturated carbocycles. The molecule has 0 atom stereocenters. The quantitative estimate of drug-likeness (QED) is 0.241. The van der Waals surface area contributed by atoms with Gasteiger partial charge >= 0.3 is 0 Å². The van der Waals surface area contributed by atoms with Gasteiger partial charge in [-0.1, -0.05) is 51.8 Å². The zero-order chi connectivity index (χ0) is 19.9. The summed E-state index contributed by atoms with van der Waals surface area (Å²) in [6, 6.07) is 19.3. The number of nitrogens with zero attached hydrogens (tertiary/aromatic N) is 1. The van der Waals surface area contributed by atoms with Crippen molar-refractivity contribution in [1.29, 1.82) is 0 Å². The minimum atomic E-state index is -0.560. The van der Waals surface area contributed by atoms with E-state index in [-0.39, 0.29) is 10.7 Å². The third-order valence-corrected chi connectivity index (χ3v) is 4.56. The highest BCUT2D eigenvalue weighted by molar-refractivity contribution is 9.10. The second kappa shape index (κ2) is 9.30. The van der Waals surface area contributed by atoms with Gasteiger partial charge in [0.15, 0.2) is 0 Å². The number of rotatable bonds is 5. The molecule has 1 heterocycles. The molecule has 140 valence electrons. The summed E-state index contributed by atoms with van der Waals surface area (Å²) in [5.74, 6) is -1.11. The van der Waals surface area contributed by atoms with Crippen molar-refractivity contribution in [2.75, 3.05) is 10.6 Å². The summed E-state index contributed by atoms with van der Waals surface area (Å²) in [6.45, 7) is 0. The van der Waals surface area contributed by atoms with Gasteiger partial charge in [0.1, 0.15) is 10.7 Å². The molecular weight excluding hydrogens is 442 g/mol. The number of aromatic nitrogens is 1. The van der Waals surface area contributed by atoms with Crippen molar-refractivity contribution in [2.24, 2.45) is 0 Å². The maximum absolute atomic E-state index is 12.8. The normalized spacial score (nSPS) is 11.0. The van der Waals surface area contributed by atoms with E-state index in [2.05, 4.69) is 31.5 Å². The number of amides is 2. The first-order valence-corrected chi connectivity index (χ1v) is 9.45. The number of pyridine rings is 1. The predicted octanol–water partition coefficient (Wildman–Crippen LogP) is 5.16. The maximum Gasteiger partial charge on any atom is 0.261 e. The fourth-order valence-electron chi connectivity index (χ4n) is 2.35. The van der Waals surface area contributed by atoms with E-state index >= 15 is 0 Å². The van der Waals surface area contributed by atoms with E-state index in [1.54, 1.807) is 60.7 Å². The summed E-state index contributed by atoms with van der Waals surface area (Å²) < 4.78 is 0.880. The summed E-state index contributed by atoms with van der Waals surface area (Å²) in [5, 5.41) is 5.64. The second-order valence-electron chi connectivity index (χ2n) is 5.72. The fourth-order valence-corrected chi connectivity index (χ4v) is 2.79. The van der Waals surface area contributed by atoms with Crippen molar-refractivity contribution in [3.05, 3.63) is 93.7 Å². The Morgan fingerprint density at radius 3 is 2.07 bits per heavy atom. The van der Waals surface area contributed by atoms with Crippen LogP contribution < -0.4 is 10.6 Å². The monoisotopic (exact) mass is 455 g/mol. The molecule has 0 bridgehead atoms. The first-order chi connectivity index (χ1) is 13.5. The van der Waals surface area contributed by atoms with E-state index in [1.165, 1.54) is 12.3 Å². The van der Waals surface area contributed by atoms with Crippen LogP contribution in [-0.2, 0) is 9.59 Å². The number of carbonyl (C=O) groups is 2. The van der Waals surface area contributed by atoms with Gasteiger partial charge in [-0.15, -0.1) is 0 Å². The molecule has 0 radical (unpaired) electrons. The van der Waals surface area contributed by atoms with Gasteiger partial charge in [-0.25, -0.2) is 4.98 Å². The zero-order valence-electron chi connectivity index (χ0n) is 14.5. The number of carbonyl (C=O) groups excluding carboxylic acids is 2. The lowest BCUT2D eigenvalue weighted by atomic mass is 10.1. The highest BCUT2D eigenvalue weighted by atomic mass is 79.9. The van der Waals surface area contributed by atoms with Crippen LogP contribution in [0.25, 0.3) is 6.08 Å². The molecule has 2 N–H and O–H groups in total. The van der Waals surface area contributed by atoms with Crippen molar-refractivity contribution in [1.82, 2.24) is 4.98 Å². The number of nitrogens with one attached hydrogen (secondary N) is 2. The standard InChI is InChI=1S/C21H15BrClN3O2/c22-15-8-10-17(11-9-15)26-21(28)18(13-14-5-4-12-24-19(14)23)20(27)25-16-6-2-1-3-7-16/h1-13H,(H,25,27)(H,26,28)/b18-13+. The average Bonchev–Trinajstić information content (AvgIpc) is 2.69. The first-order valence-electron chi connectivity index (χ1n) is 8.28. The number of benzene rings is 2. The smallest absolute Gasteiger partial charge is 0.261 e. The molecule has 0 spiro atoms. The Balaban J connectivity index is 1.91. The predicted molar refractivity (Wildman–Crippen MR) is 115 cm³/mol. The Morgan fingerprint density at radius 2 is 1.46 bits per heavy atom. The van der Waals surface area contributed by atoms with Gasteiger partial charge in [-0.05, 0) is 48.5 Å². The van der Waals surface area contributed by atoms with Gasteiger partial charge in [0.25, 0.3) is 11.8 Å². The van der Waals surface area contributed by atoms with Crippen molar-refractivity contribution in [3.63, 3.8) is 0 Å². The molecule has 28 heavy (non-hydrogen) atoms. The van der Waals surface area contributed by atoms with Crippen molar-refractivity contribution in [3.8, 4) is 0 Å². The lowest BCUT2D eigenvalue weighted by molar-refractivity contribution is -0.118. The maximum atomic E-state index is 12.8. The van der Waals surface area contributed by atoms with E-state index in [0.717, 1.165) is 4.47 Å². The third-order valence-electron chi connectivity index (χ3n) is 3.71. The summed E-state index contributed by atoms with van der Waals surface area (Å²) in [7, 11) is 0. The molecule has 1 aromatic heterocycles. The molecule has 2 aromatic carbocycles. The SMILES string of the molecule is O=C(Nc1ccccc1)/C(=C\c1cccnc1Cl)C(=O)Nc1ccc(Br)cc1. The van der Waals surface area contributed by atoms with Gasteiger partial charge in [-0.2, -0.15) is 0 Å². The molecule has 0 aliphatic rings. The largest absolute Gasteiger partial charge is 0.322 e. The van der Waals surface area contributed by atoms with Crippen LogP contribution in [0.5, 0.6) is 0 Å². The number of para-hydroxylation sites is 1. The fraction of sp³-hybridized carbons (Fsp3) is 0. The van der Waals surface area contributed by atoms with Crippen molar-refractivity contribution < 1.29 is 9.59 Å². The Morgan fingerprint density at radius 1 is 0.857 bits per heavy atom. The third kappa shape index (κ3) is 5.28. The minimum Gasteiger partial charge on any atom is -0.322 e. The van der Waals surface area contributed by atoms with Crippen LogP contribution in [-0.4, -0.2) is 16.8 Å². The van der Waals surface area contributed by atoms with Crippen LogP contribution in [0.15, 0.2) is 83.0 Å². The zero-order valence-corrected chi connectivity index (χ0v) is 16.9. The molecule has 7 heteroatoms. The number of hydrogen-bond acceptors (Lipinski definition) is 3. The van der Waals surface area contributed by atoms with E-state index in [9.17, 15) is 9.59 Å². The molecule has 0 aliphatic carbocycles. The van der Waals surface area contributed by atoms with Gasteiger partial charge in [0.2, 0.25) is 0 Å². The number of hydrogen-bond donors (Lipinski definition) is 2. The van der Waals surface area contributed by atoms with E-state index in [4.69, 9.17) is 11.6 Å². The van der Waals surface area contributed by atoms with Crippen molar-refractivity contribution in [2.45, 2.75) is 0 Å². The molecule has 0 fully saturated rings. The average molecular weight is 457 g/mol. The van der Waals surface area contributed by atoms with Crippen LogP contribution in [0, 0.1) is 0 Å². The van der Waals surface area contributed by atoms with Crippen molar-refractivity contribution >= 4 is 56.8 Å². The Hall–Kier alpha value is -2.96. The molecule has 5 nitrogen and oxygen atoms in total. The lowest BCUT2D eigenvalue weighted by Gasteiger charge is -2.11. The van der Waals surface area contributed by atoms with E-state index in [1.807, 2.05) is 6.07 Å². The molecule has 3 aromatic rings. The van der Waals surface area contributed by atoms with Gasteiger partial charge in [0, 0.05) is 27.6 Å². The van der Waals surface area contributed by atoms with E-state index < -0.39 is 11.8 Å². The lowest BCUT2D eigenvalue weighted by Crippen LogP contribution is -2.25. The number of halogens is 2. The number of anilines is 2. The minimum absolute atomic E-state index is 0.0957. The Kier molecular flexibility index (Phi) is 6.57. The topological polar surface area (TPSA) is 71.1 Å². The van der Waals surface area contributed by atoms with Crippen LogP contribution in [0.4, 0.5) is 11.4 Å². The van der Waals surface area contributed by atoms with Crippen LogP contribution in [0.2, 0.25) is 5.15 Å². The first kappa shape index (κ1) is 19.8. The van der Waals surface area contributed by atoms with Crippen LogP contribution in [0.1, 0.15) is 5.56 Å². The molecule has 3 rings (SSSR count). The molecule has 0 aliphatic heterocycles. The van der Waals surface area contributed by atoms with Gasteiger partial charge in [-0.3, -0.25) is 9.59 Å². The second-order valence-corrected chi connectivity index (χ2v) is 7.00. The van der Waals surface area contributed by atoms with Gasteiger partial charge in [0.05, 0.1) is 0 Å². The van der Waals surface area contributed by atoms with Gasteiger partial charge < -0.3 is 10.6 Å². The highest BCUT2D eigenvalue weighted by Crippen LogP contribution is 2.19. The molecule has 0 saturated heterocycles. The summed E-state index contributed by atoms with van der Waals surface area (Å²) in [4.78, 5) is 29.6. The summed E-state index contributed by atoms with van der Waals surface area (Å²) >= 11 is 9.43. The molecule has 2 amide bonds. The summed E-state index contributed by atoms with van der Waals surface area (Å²) in [6.07, 6.45) is 2.95.